The van der Waals surface area contributed by atoms with Gasteiger partial charge in [-0.3, -0.25) is 4.79 Å². The normalized spacial score (nSPS) is 11.1. The lowest BCUT2D eigenvalue weighted by molar-refractivity contribution is -0.117. The minimum atomic E-state index is -0.433. The van der Waals surface area contributed by atoms with Crippen LogP contribution in [0.5, 0.6) is 5.75 Å². The Labute approximate surface area is 223 Å². The first kappa shape index (κ1) is 26.4. The Morgan fingerprint density at radius 2 is 1.87 bits per heavy atom. The van der Waals surface area contributed by atoms with E-state index in [-0.39, 0.29) is 5.57 Å². The van der Waals surface area contributed by atoms with E-state index >= 15 is 0 Å². The van der Waals surface area contributed by atoms with Crippen LogP contribution in [0.15, 0.2) is 90.6 Å². The van der Waals surface area contributed by atoms with Gasteiger partial charge in [-0.05, 0) is 49.2 Å². The zero-order valence-electron chi connectivity index (χ0n) is 21.6. The van der Waals surface area contributed by atoms with Gasteiger partial charge in [0.2, 0.25) is 0 Å². The summed E-state index contributed by atoms with van der Waals surface area (Å²) < 4.78 is 12.8. The third-order valence-electron chi connectivity index (χ3n) is 5.87. The Balaban J connectivity index is 1.64. The Hall–Kier alpha value is -4.67. The van der Waals surface area contributed by atoms with Crippen molar-refractivity contribution in [2.24, 2.45) is 0 Å². The van der Waals surface area contributed by atoms with Crippen molar-refractivity contribution in [2.45, 2.75) is 20.0 Å². The molecule has 38 heavy (non-hydrogen) atoms. The van der Waals surface area contributed by atoms with Crippen LogP contribution >= 0.6 is 0 Å². The fourth-order valence-corrected chi connectivity index (χ4v) is 3.83. The molecule has 0 saturated heterocycles. The summed E-state index contributed by atoms with van der Waals surface area (Å²) in [6.07, 6.45) is 4.06. The number of nitrogens with zero attached hydrogens (tertiary/aromatic N) is 3. The molecule has 0 fully saturated rings. The Morgan fingerprint density at radius 1 is 1.08 bits per heavy atom. The quantitative estimate of drug-likeness (QED) is 0.165. The number of hydrogen-bond donors (Lipinski definition) is 1. The molecule has 0 aliphatic carbocycles. The van der Waals surface area contributed by atoms with Gasteiger partial charge in [0.15, 0.2) is 0 Å². The lowest BCUT2D eigenvalue weighted by atomic mass is 10.1. The van der Waals surface area contributed by atoms with Crippen LogP contribution in [0.2, 0.25) is 0 Å². The molecule has 0 unspecified atom stereocenters. The molecule has 7 heteroatoms. The van der Waals surface area contributed by atoms with E-state index in [1.807, 2.05) is 79.0 Å². The summed E-state index contributed by atoms with van der Waals surface area (Å²) in [4.78, 5) is 12.7. The molecule has 1 heterocycles. The number of nitriles is 1. The Morgan fingerprint density at radius 3 is 2.61 bits per heavy atom. The highest BCUT2D eigenvalue weighted by molar-refractivity contribution is 6.02. The van der Waals surface area contributed by atoms with Gasteiger partial charge in [0, 0.05) is 37.6 Å². The van der Waals surface area contributed by atoms with Gasteiger partial charge >= 0.3 is 0 Å². The number of benzene rings is 3. The zero-order valence-corrected chi connectivity index (χ0v) is 21.6. The number of amides is 1. The molecule has 1 N–H and O–H groups in total. The highest BCUT2D eigenvalue weighted by atomic mass is 16.5. The second-order valence-corrected chi connectivity index (χ2v) is 8.79. The standard InChI is InChI=1S/C31H30N4O3/c1-23-12-14-24(15-13-23)22-38-29-11-6-8-25(19-29)30-27(21-35(34-30)28-9-4-3-5-10-28)18-26(20-32)31(36)33-16-7-17-37-2/h3-6,8-15,18-19,21H,7,16-17,22H2,1-2H3,(H,33,36)/b26-18-. The van der Waals surface area contributed by atoms with E-state index in [1.54, 1.807) is 17.9 Å². The van der Waals surface area contributed by atoms with Crippen molar-refractivity contribution in [1.82, 2.24) is 15.1 Å². The zero-order chi connectivity index (χ0) is 26.7. The number of carbonyl (C=O) groups excluding carboxylic acids is 1. The van der Waals surface area contributed by atoms with Gasteiger partial charge < -0.3 is 14.8 Å². The van der Waals surface area contributed by atoms with Crippen molar-refractivity contribution < 1.29 is 14.3 Å². The van der Waals surface area contributed by atoms with Gasteiger partial charge in [0.25, 0.3) is 5.91 Å². The van der Waals surface area contributed by atoms with Crippen LogP contribution in [0.25, 0.3) is 23.0 Å². The van der Waals surface area contributed by atoms with E-state index in [1.165, 1.54) is 5.56 Å². The lowest BCUT2D eigenvalue weighted by Crippen LogP contribution is -2.26. The highest BCUT2D eigenvalue weighted by Gasteiger charge is 2.15. The summed E-state index contributed by atoms with van der Waals surface area (Å²) in [6.45, 7) is 3.44. The number of methoxy groups -OCH3 is 1. The lowest BCUT2D eigenvalue weighted by Gasteiger charge is -2.08. The molecule has 3 aromatic carbocycles. The van der Waals surface area contributed by atoms with Crippen molar-refractivity contribution in [1.29, 1.82) is 5.26 Å². The van der Waals surface area contributed by atoms with Gasteiger partial charge in [-0.15, -0.1) is 0 Å². The van der Waals surface area contributed by atoms with Crippen LogP contribution < -0.4 is 10.1 Å². The first-order valence-electron chi connectivity index (χ1n) is 12.4. The second kappa shape index (κ2) is 13.0. The molecule has 192 valence electrons. The summed E-state index contributed by atoms with van der Waals surface area (Å²) in [5.41, 5.74) is 5.23. The summed E-state index contributed by atoms with van der Waals surface area (Å²) in [5.74, 6) is 0.265. The number of aryl methyl sites for hydroxylation is 1. The molecule has 4 rings (SSSR count). The SMILES string of the molecule is COCCCNC(=O)/C(C#N)=C\c1cn(-c2ccccc2)nc1-c1cccc(OCc2ccc(C)cc2)c1. The molecule has 7 nitrogen and oxygen atoms in total. The summed E-state index contributed by atoms with van der Waals surface area (Å²) in [5, 5.41) is 17.3. The van der Waals surface area contributed by atoms with E-state index in [4.69, 9.17) is 14.6 Å². The van der Waals surface area contributed by atoms with Crippen molar-refractivity contribution in [2.75, 3.05) is 20.3 Å². The van der Waals surface area contributed by atoms with E-state index in [0.29, 0.717) is 43.2 Å². The van der Waals surface area contributed by atoms with Gasteiger partial charge in [0.05, 0.1) is 5.69 Å². The molecular weight excluding hydrogens is 476 g/mol. The highest BCUT2D eigenvalue weighted by Crippen LogP contribution is 2.29. The van der Waals surface area contributed by atoms with Crippen LogP contribution in [0.1, 0.15) is 23.1 Å². The van der Waals surface area contributed by atoms with Crippen LogP contribution in [0.3, 0.4) is 0 Å². The molecule has 4 aromatic rings. The monoisotopic (exact) mass is 506 g/mol. The summed E-state index contributed by atoms with van der Waals surface area (Å²) >= 11 is 0. The summed E-state index contributed by atoms with van der Waals surface area (Å²) in [6, 6.07) is 27.6. The van der Waals surface area contributed by atoms with Crippen LogP contribution in [0.4, 0.5) is 0 Å². The fraction of sp³-hybridized carbons (Fsp3) is 0.194. The minimum absolute atomic E-state index is 0.00283. The molecule has 0 bridgehead atoms. The maximum atomic E-state index is 12.7. The van der Waals surface area contributed by atoms with Crippen LogP contribution in [-0.4, -0.2) is 35.9 Å². The first-order chi connectivity index (χ1) is 18.6. The topological polar surface area (TPSA) is 89.2 Å². The van der Waals surface area contributed by atoms with Gasteiger partial charge in [-0.25, -0.2) is 4.68 Å². The second-order valence-electron chi connectivity index (χ2n) is 8.79. The number of carbonyl (C=O) groups is 1. The molecule has 0 aliphatic rings. The third kappa shape index (κ3) is 6.96. The minimum Gasteiger partial charge on any atom is -0.489 e. The molecule has 0 spiro atoms. The number of para-hydroxylation sites is 1. The Kier molecular flexibility index (Phi) is 9.06. The van der Waals surface area contributed by atoms with Crippen molar-refractivity contribution >= 4 is 12.0 Å². The average Bonchev–Trinajstić information content (AvgIpc) is 3.38. The van der Waals surface area contributed by atoms with E-state index < -0.39 is 5.91 Å². The van der Waals surface area contributed by atoms with Gasteiger partial charge in [-0.2, -0.15) is 10.4 Å². The van der Waals surface area contributed by atoms with E-state index in [2.05, 4.69) is 24.4 Å². The van der Waals surface area contributed by atoms with Crippen molar-refractivity contribution in [3.05, 3.63) is 107 Å². The molecule has 0 radical (unpaired) electrons. The number of nitrogens with one attached hydrogen (secondary N) is 1. The predicted molar refractivity (Wildman–Crippen MR) is 148 cm³/mol. The van der Waals surface area contributed by atoms with Crippen molar-refractivity contribution in [3.8, 4) is 28.8 Å². The van der Waals surface area contributed by atoms with Gasteiger partial charge in [-0.1, -0.05) is 60.2 Å². The summed E-state index contributed by atoms with van der Waals surface area (Å²) in [7, 11) is 1.61. The predicted octanol–water partition coefficient (Wildman–Crippen LogP) is 5.49. The number of hydrogen-bond acceptors (Lipinski definition) is 5. The van der Waals surface area contributed by atoms with Crippen molar-refractivity contribution in [3.63, 3.8) is 0 Å². The van der Waals surface area contributed by atoms with Crippen LogP contribution in [0, 0.1) is 18.3 Å². The molecule has 1 aromatic heterocycles. The van der Waals surface area contributed by atoms with Gasteiger partial charge in [0.1, 0.15) is 29.7 Å². The first-order valence-corrected chi connectivity index (χ1v) is 12.4. The molecule has 0 saturated carbocycles. The van der Waals surface area contributed by atoms with E-state index in [0.717, 1.165) is 16.8 Å². The maximum Gasteiger partial charge on any atom is 0.261 e. The molecular formula is C31H30N4O3. The largest absolute Gasteiger partial charge is 0.489 e. The smallest absolute Gasteiger partial charge is 0.261 e. The molecule has 1 amide bonds. The number of ether oxygens (including phenoxy) is 2. The fourth-order valence-electron chi connectivity index (χ4n) is 3.83. The average molecular weight is 507 g/mol. The van der Waals surface area contributed by atoms with E-state index in [9.17, 15) is 10.1 Å². The number of rotatable bonds is 11. The third-order valence-corrected chi connectivity index (χ3v) is 5.87. The maximum absolute atomic E-state index is 12.7. The Bertz CT molecular complexity index is 1430. The molecule has 0 atom stereocenters. The molecule has 0 aliphatic heterocycles. The number of aromatic nitrogens is 2. The van der Waals surface area contributed by atoms with Crippen LogP contribution in [-0.2, 0) is 16.1 Å².